The number of aliphatic imine (C=N–C) groups is 1. The second-order valence-electron chi connectivity index (χ2n) is 7.19. The number of benzene rings is 3. The summed E-state index contributed by atoms with van der Waals surface area (Å²) < 4.78 is 17.0. The van der Waals surface area contributed by atoms with Crippen molar-refractivity contribution >= 4 is 41.1 Å². The van der Waals surface area contributed by atoms with Crippen LogP contribution in [0.5, 0.6) is 11.5 Å². The van der Waals surface area contributed by atoms with Gasteiger partial charge in [-0.05, 0) is 54.5 Å². The summed E-state index contributed by atoms with van der Waals surface area (Å²) in [4.78, 5) is 16.7. The lowest BCUT2D eigenvalue weighted by Crippen LogP contribution is -2.05. The predicted octanol–water partition coefficient (Wildman–Crippen LogP) is 6.36. The zero-order valence-corrected chi connectivity index (χ0v) is 19.4. The highest BCUT2D eigenvalue weighted by molar-refractivity contribution is 6.42. The Balaban J connectivity index is 1.52. The molecule has 1 aliphatic heterocycles. The van der Waals surface area contributed by atoms with Gasteiger partial charge in [0.25, 0.3) is 0 Å². The molecule has 4 rings (SSSR count). The minimum absolute atomic E-state index is 0.177. The van der Waals surface area contributed by atoms with Gasteiger partial charge in [-0.3, -0.25) is 0 Å². The van der Waals surface area contributed by atoms with Crippen LogP contribution in [-0.2, 0) is 16.0 Å². The van der Waals surface area contributed by atoms with Crippen LogP contribution in [0.4, 0.5) is 0 Å². The molecule has 0 atom stereocenters. The average Bonchev–Trinajstić information content (AvgIpc) is 3.18. The molecule has 0 saturated carbocycles. The molecule has 0 bridgehead atoms. The molecule has 3 aromatic carbocycles. The van der Waals surface area contributed by atoms with Gasteiger partial charge in [-0.15, -0.1) is 0 Å². The topological polar surface area (TPSA) is 57.1 Å². The number of ether oxygens (including phenoxy) is 3. The molecule has 168 valence electrons. The van der Waals surface area contributed by atoms with Crippen molar-refractivity contribution in [2.75, 3.05) is 13.2 Å². The third-order valence-electron chi connectivity index (χ3n) is 4.85. The fourth-order valence-electron chi connectivity index (χ4n) is 3.25. The van der Waals surface area contributed by atoms with Gasteiger partial charge in [-0.25, -0.2) is 9.79 Å². The number of hydrogen-bond acceptors (Lipinski definition) is 5. The van der Waals surface area contributed by atoms with Crippen LogP contribution in [0.3, 0.4) is 0 Å². The number of halogens is 2. The molecule has 0 saturated heterocycles. The van der Waals surface area contributed by atoms with E-state index in [-0.39, 0.29) is 11.6 Å². The molecule has 0 aliphatic carbocycles. The van der Waals surface area contributed by atoms with Gasteiger partial charge in [-0.1, -0.05) is 59.6 Å². The fraction of sp³-hybridized carbons (Fsp3) is 0.154. The highest BCUT2D eigenvalue weighted by atomic mass is 35.5. The van der Waals surface area contributed by atoms with Gasteiger partial charge in [0, 0.05) is 12.0 Å². The summed E-state index contributed by atoms with van der Waals surface area (Å²) in [6.45, 7) is 2.91. The average molecular weight is 482 g/mol. The number of cyclic esters (lactones) is 1. The Morgan fingerprint density at radius 2 is 1.76 bits per heavy atom. The number of carbonyl (C=O) groups excluding carboxylic acids is 1. The number of nitrogens with zero attached hydrogens (tertiary/aromatic N) is 1. The minimum Gasteiger partial charge on any atom is -0.490 e. The Hall–Kier alpha value is -3.28. The van der Waals surface area contributed by atoms with Gasteiger partial charge in [0.2, 0.25) is 5.90 Å². The quantitative estimate of drug-likeness (QED) is 0.277. The van der Waals surface area contributed by atoms with E-state index in [0.717, 1.165) is 12.0 Å². The number of carbonyl (C=O) groups is 1. The van der Waals surface area contributed by atoms with E-state index in [1.807, 2.05) is 43.3 Å². The molecule has 0 radical (unpaired) electrons. The van der Waals surface area contributed by atoms with E-state index >= 15 is 0 Å². The zero-order valence-electron chi connectivity index (χ0n) is 17.9. The number of rotatable bonds is 8. The Morgan fingerprint density at radius 3 is 2.52 bits per heavy atom. The monoisotopic (exact) mass is 481 g/mol. The summed E-state index contributed by atoms with van der Waals surface area (Å²) in [5.41, 5.74) is 2.68. The molecule has 0 unspecified atom stereocenters. The van der Waals surface area contributed by atoms with Crippen LogP contribution in [0.1, 0.15) is 23.6 Å². The van der Waals surface area contributed by atoms with Crippen LogP contribution >= 0.6 is 23.2 Å². The van der Waals surface area contributed by atoms with Crippen molar-refractivity contribution in [2.45, 2.75) is 13.3 Å². The normalized spacial score (nSPS) is 14.2. The number of hydrogen-bond donors (Lipinski definition) is 0. The molecule has 3 aromatic rings. The predicted molar refractivity (Wildman–Crippen MR) is 130 cm³/mol. The molecule has 0 aromatic heterocycles. The van der Waals surface area contributed by atoms with E-state index in [1.165, 1.54) is 5.56 Å². The second kappa shape index (κ2) is 10.6. The van der Waals surface area contributed by atoms with Crippen LogP contribution in [0.15, 0.2) is 77.4 Å². The van der Waals surface area contributed by atoms with E-state index in [9.17, 15) is 4.79 Å². The van der Waals surface area contributed by atoms with Gasteiger partial charge in [-0.2, -0.15) is 0 Å². The van der Waals surface area contributed by atoms with E-state index in [0.29, 0.717) is 40.3 Å². The van der Waals surface area contributed by atoms with Crippen molar-refractivity contribution in [3.63, 3.8) is 0 Å². The molecule has 7 heteroatoms. The molecule has 33 heavy (non-hydrogen) atoms. The SMILES string of the molecule is CCOc1cc(/C=C2\N=C(c3ccc(Cl)c(Cl)c3)OC2=O)ccc1OCCc1ccccc1. The van der Waals surface area contributed by atoms with E-state index in [2.05, 4.69) is 17.1 Å². The van der Waals surface area contributed by atoms with E-state index in [4.69, 9.17) is 37.4 Å². The van der Waals surface area contributed by atoms with Crippen LogP contribution < -0.4 is 9.47 Å². The van der Waals surface area contributed by atoms with Gasteiger partial charge in [0.1, 0.15) is 0 Å². The summed E-state index contributed by atoms with van der Waals surface area (Å²) in [7, 11) is 0. The van der Waals surface area contributed by atoms with Crippen LogP contribution in [0.2, 0.25) is 10.0 Å². The third-order valence-corrected chi connectivity index (χ3v) is 5.59. The molecule has 1 heterocycles. The number of esters is 1. The maximum Gasteiger partial charge on any atom is 0.363 e. The zero-order chi connectivity index (χ0) is 23.2. The smallest absolute Gasteiger partial charge is 0.363 e. The molecular weight excluding hydrogens is 461 g/mol. The lowest BCUT2D eigenvalue weighted by atomic mass is 10.1. The lowest BCUT2D eigenvalue weighted by molar-refractivity contribution is -0.129. The third kappa shape index (κ3) is 5.75. The summed E-state index contributed by atoms with van der Waals surface area (Å²) >= 11 is 12.0. The molecule has 1 aliphatic rings. The molecule has 0 amide bonds. The summed E-state index contributed by atoms with van der Waals surface area (Å²) in [6, 6.07) is 20.5. The molecule has 0 spiro atoms. The first-order valence-corrected chi connectivity index (χ1v) is 11.2. The van der Waals surface area contributed by atoms with Gasteiger partial charge >= 0.3 is 5.97 Å². The van der Waals surface area contributed by atoms with Crippen molar-refractivity contribution in [3.05, 3.63) is 99.2 Å². The first kappa shape index (κ1) is 22.9. The maximum absolute atomic E-state index is 12.3. The van der Waals surface area contributed by atoms with Crippen molar-refractivity contribution in [1.29, 1.82) is 0 Å². The summed E-state index contributed by atoms with van der Waals surface area (Å²) in [5.74, 6) is 0.872. The largest absolute Gasteiger partial charge is 0.490 e. The van der Waals surface area contributed by atoms with Gasteiger partial charge in [0.05, 0.1) is 23.3 Å². The minimum atomic E-state index is -0.544. The Kier molecular flexibility index (Phi) is 7.33. The van der Waals surface area contributed by atoms with Gasteiger partial charge in [0.15, 0.2) is 17.2 Å². The van der Waals surface area contributed by atoms with E-state index in [1.54, 1.807) is 24.3 Å². The Bertz CT molecular complexity index is 1220. The van der Waals surface area contributed by atoms with Gasteiger partial charge < -0.3 is 14.2 Å². The highest BCUT2D eigenvalue weighted by Crippen LogP contribution is 2.31. The Labute approximate surface area is 202 Å². The standard InChI is InChI=1S/C26H21Cl2NO4/c1-2-31-24-15-18(8-11-23(24)32-13-12-17-6-4-3-5-7-17)14-22-26(30)33-25(29-22)19-9-10-20(27)21(28)16-19/h3-11,14-16H,2,12-13H2,1H3/b22-14-. The maximum atomic E-state index is 12.3. The molecule has 0 N–H and O–H groups in total. The summed E-state index contributed by atoms with van der Waals surface area (Å²) in [5, 5.41) is 0.769. The molecule has 5 nitrogen and oxygen atoms in total. The van der Waals surface area contributed by atoms with Crippen LogP contribution in [-0.4, -0.2) is 25.1 Å². The molecular formula is C26H21Cl2NO4. The Morgan fingerprint density at radius 1 is 0.939 bits per heavy atom. The van der Waals surface area contributed by atoms with Crippen molar-refractivity contribution in [3.8, 4) is 11.5 Å². The summed E-state index contributed by atoms with van der Waals surface area (Å²) in [6.07, 6.45) is 2.43. The van der Waals surface area contributed by atoms with E-state index < -0.39 is 5.97 Å². The van der Waals surface area contributed by atoms with Crippen molar-refractivity contribution in [2.24, 2.45) is 4.99 Å². The van der Waals surface area contributed by atoms with Crippen LogP contribution in [0.25, 0.3) is 6.08 Å². The first-order chi connectivity index (χ1) is 16.0. The van der Waals surface area contributed by atoms with Crippen molar-refractivity contribution < 1.29 is 19.0 Å². The lowest BCUT2D eigenvalue weighted by Gasteiger charge is -2.12. The van der Waals surface area contributed by atoms with Crippen LogP contribution in [0, 0.1) is 0 Å². The fourth-order valence-corrected chi connectivity index (χ4v) is 3.54. The first-order valence-electron chi connectivity index (χ1n) is 10.4. The second-order valence-corrected chi connectivity index (χ2v) is 8.00. The molecule has 0 fully saturated rings. The highest BCUT2D eigenvalue weighted by Gasteiger charge is 2.24. The van der Waals surface area contributed by atoms with Crippen molar-refractivity contribution in [1.82, 2.24) is 0 Å².